The molecule has 7 nitrogen and oxygen atoms in total. The molecule has 0 unspecified atom stereocenters. The zero-order valence-electron chi connectivity index (χ0n) is 16.4. The molecule has 1 N–H and O–H groups in total. The number of rotatable bonds is 10. The molecule has 0 spiro atoms. The number of nitrogens with zero attached hydrogens (tertiary/aromatic N) is 4. The summed E-state index contributed by atoms with van der Waals surface area (Å²) in [7, 11) is 0. The van der Waals surface area contributed by atoms with Crippen molar-refractivity contribution in [1.29, 1.82) is 0 Å². The Morgan fingerprint density at radius 2 is 1.79 bits per heavy atom. The van der Waals surface area contributed by atoms with E-state index >= 15 is 0 Å². The molecule has 0 aliphatic rings. The Bertz CT molecular complexity index is 931. The highest BCUT2D eigenvalue weighted by atomic mass is 35.5. The number of tetrazole rings is 1. The van der Waals surface area contributed by atoms with Crippen LogP contribution >= 0.6 is 23.2 Å². The summed E-state index contributed by atoms with van der Waals surface area (Å²) in [5.74, 6) is 1.83. The molecule has 3 rings (SSSR count). The van der Waals surface area contributed by atoms with E-state index in [1.54, 1.807) is 10.7 Å². The molecule has 0 aliphatic heterocycles. The van der Waals surface area contributed by atoms with E-state index in [-0.39, 0.29) is 0 Å². The lowest BCUT2D eigenvalue weighted by molar-refractivity contribution is 0.269. The van der Waals surface area contributed by atoms with Gasteiger partial charge >= 0.3 is 0 Å². The molecule has 0 amide bonds. The molecule has 0 radical (unpaired) electrons. The molecular formula is C20H23Cl2N5O2. The van der Waals surface area contributed by atoms with Gasteiger partial charge in [-0.05, 0) is 53.1 Å². The third-order valence-corrected chi connectivity index (χ3v) is 4.73. The number of halogens is 2. The maximum atomic E-state index is 6.49. The van der Waals surface area contributed by atoms with Gasteiger partial charge in [-0.3, -0.25) is 0 Å². The summed E-state index contributed by atoms with van der Waals surface area (Å²) >= 11 is 12.4. The Morgan fingerprint density at radius 1 is 1.03 bits per heavy atom. The summed E-state index contributed by atoms with van der Waals surface area (Å²) < 4.78 is 13.4. The van der Waals surface area contributed by atoms with E-state index in [4.69, 9.17) is 32.7 Å². The van der Waals surface area contributed by atoms with Gasteiger partial charge in [-0.1, -0.05) is 47.4 Å². The van der Waals surface area contributed by atoms with Gasteiger partial charge in [-0.2, -0.15) is 0 Å². The molecule has 2 aromatic carbocycles. The summed E-state index contributed by atoms with van der Waals surface area (Å²) in [5, 5.41) is 16.2. The highest BCUT2D eigenvalue weighted by Crippen LogP contribution is 2.34. The normalized spacial score (nSPS) is 10.8. The van der Waals surface area contributed by atoms with Crippen molar-refractivity contribution in [2.24, 2.45) is 0 Å². The molecule has 29 heavy (non-hydrogen) atoms. The minimum absolute atomic E-state index is 0.386. The Kier molecular flexibility index (Phi) is 7.55. The molecule has 0 fully saturated rings. The van der Waals surface area contributed by atoms with Crippen molar-refractivity contribution in [3.8, 4) is 11.5 Å². The summed E-state index contributed by atoms with van der Waals surface area (Å²) in [6, 6.07) is 11.2. The number of benzene rings is 2. The lowest BCUT2D eigenvalue weighted by Gasteiger charge is -2.15. The molecule has 3 aromatic rings. The van der Waals surface area contributed by atoms with Gasteiger partial charge in [-0.25, -0.2) is 4.68 Å². The molecule has 0 saturated carbocycles. The highest BCUT2D eigenvalue weighted by molar-refractivity contribution is 6.31. The standard InChI is InChI=1S/C20H23Cl2N5O2/c1-3-9-27-20(24-25-26-27)23-12-15-10-18(28-4-2)19(11-17(15)22)29-13-14-5-7-16(21)8-6-14/h5-8,10-11H,3-4,9,12-13H2,1-2H3,(H,23,24,26). The second kappa shape index (κ2) is 10.3. The largest absolute Gasteiger partial charge is 0.490 e. The summed E-state index contributed by atoms with van der Waals surface area (Å²) in [6.07, 6.45) is 0.939. The number of hydrogen-bond acceptors (Lipinski definition) is 6. The van der Waals surface area contributed by atoms with Crippen LogP contribution in [0.2, 0.25) is 10.0 Å². The van der Waals surface area contributed by atoms with E-state index in [2.05, 4.69) is 27.8 Å². The van der Waals surface area contributed by atoms with Crippen LogP contribution in [0.15, 0.2) is 36.4 Å². The third-order valence-electron chi connectivity index (χ3n) is 4.12. The Balaban J connectivity index is 1.72. The van der Waals surface area contributed by atoms with E-state index < -0.39 is 0 Å². The van der Waals surface area contributed by atoms with Crippen molar-refractivity contribution in [2.75, 3.05) is 11.9 Å². The maximum Gasteiger partial charge on any atom is 0.243 e. The van der Waals surface area contributed by atoms with E-state index in [1.165, 1.54) is 0 Å². The van der Waals surface area contributed by atoms with Crippen LogP contribution in [-0.2, 0) is 19.7 Å². The maximum absolute atomic E-state index is 6.49. The minimum atomic E-state index is 0.386. The van der Waals surface area contributed by atoms with Gasteiger partial charge in [-0.15, -0.1) is 0 Å². The van der Waals surface area contributed by atoms with Gasteiger partial charge in [0.05, 0.1) is 6.61 Å². The van der Waals surface area contributed by atoms with Gasteiger partial charge < -0.3 is 14.8 Å². The fraction of sp³-hybridized carbons (Fsp3) is 0.350. The second-order valence-electron chi connectivity index (χ2n) is 6.32. The molecule has 0 saturated heterocycles. The van der Waals surface area contributed by atoms with Crippen molar-refractivity contribution >= 4 is 29.2 Å². The van der Waals surface area contributed by atoms with Crippen molar-refractivity contribution in [1.82, 2.24) is 20.2 Å². The monoisotopic (exact) mass is 435 g/mol. The van der Waals surface area contributed by atoms with Crippen molar-refractivity contribution < 1.29 is 9.47 Å². The Hall–Kier alpha value is -2.51. The minimum Gasteiger partial charge on any atom is -0.490 e. The molecular weight excluding hydrogens is 413 g/mol. The molecule has 1 aromatic heterocycles. The highest BCUT2D eigenvalue weighted by Gasteiger charge is 2.13. The average molecular weight is 436 g/mol. The smallest absolute Gasteiger partial charge is 0.243 e. The average Bonchev–Trinajstić information content (AvgIpc) is 3.15. The van der Waals surface area contributed by atoms with E-state index in [0.717, 1.165) is 24.1 Å². The van der Waals surface area contributed by atoms with Crippen LogP contribution in [0, 0.1) is 0 Å². The lowest BCUT2D eigenvalue weighted by atomic mass is 10.2. The first kappa shape index (κ1) is 21.2. The van der Waals surface area contributed by atoms with Gasteiger partial charge in [0.1, 0.15) is 6.61 Å². The molecule has 0 bridgehead atoms. The number of ether oxygens (including phenoxy) is 2. The number of anilines is 1. The predicted molar refractivity (Wildman–Crippen MR) is 114 cm³/mol. The molecule has 0 aliphatic carbocycles. The van der Waals surface area contributed by atoms with Crippen LogP contribution < -0.4 is 14.8 Å². The molecule has 154 valence electrons. The zero-order valence-corrected chi connectivity index (χ0v) is 17.9. The van der Waals surface area contributed by atoms with E-state index in [1.807, 2.05) is 37.3 Å². The zero-order chi connectivity index (χ0) is 20.6. The van der Waals surface area contributed by atoms with Crippen LogP contribution in [0.4, 0.5) is 5.95 Å². The van der Waals surface area contributed by atoms with Gasteiger partial charge in [0.15, 0.2) is 11.5 Å². The van der Waals surface area contributed by atoms with Crippen LogP contribution in [0.25, 0.3) is 0 Å². The summed E-state index contributed by atoms with van der Waals surface area (Å²) in [5.41, 5.74) is 1.86. The van der Waals surface area contributed by atoms with Crippen LogP contribution in [-0.4, -0.2) is 26.8 Å². The third kappa shape index (κ3) is 5.74. The van der Waals surface area contributed by atoms with E-state index in [0.29, 0.717) is 47.3 Å². The molecule has 0 atom stereocenters. The van der Waals surface area contributed by atoms with E-state index in [9.17, 15) is 0 Å². The summed E-state index contributed by atoms with van der Waals surface area (Å²) in [4.78, 5) is 0. The fourth-order valence-electron chi connectivity index (χ4n) is 2.70. The first-order valence-corrected chi connectivity index (χ1v) is 10.2. The van der Waals surface area contributed by atoms with Gasteiger partial charge in [0.2, 0.25) is 5.95 Å². The molecule has 9 heteroatoms. The fourth-order valence-corrected chi connectivity index (χ4v) is 3.05. The van der Waals surface area contributed by atoms with Crippen LogP contribution in [0.1, 0.15) is 31.4 Å². The summed E-state index contributed by atoms with van der Waals surface area (Å²) in [6.45, 7) is 6.09. The van der Waals surface area contributed by atoms with Crippen molar-refractivity contribution in [3.63, 3.8) is 0 Å². The van der Waals surface area contributed by atoms with Crippen LogP contribution in [0.3, 0.4) is 0 Å². The lowest BCUT2D eigenvalue weighted by Crippen LogP contribution is -2.09. The first-order valence-electron chi connectivity index (χ1n) is 9.43. The number of nitrogens with one attached hydrogen (secondary N) is 1. The second-order valence-corrected chi connectivity index (χ2v) is 7.16. The van der Waals surface area contributed by atoms with Crippen LogP contribution in [0.5, 0.6) is 11.5 Å². The Morgan fingerprint density at radius 3 is 2.52 bits per heavy atom. The Labute approximate surface area is 179 Å². The predicted octanol–water partition coefficient (Wildman–Crippen LogP) is 4.98. The quantitative estimate of drug-likeness (QED) is 0.483. The van der Waals surface area contributed by atoms with Gasteiger partial charge in [0, 0.05) is 29.2 Å². The molecule has 1 heterocycles. The first-order chi connectivity index (χ1) is 14.1. The van der Waals surface area contributed by atoms with Crippen molar-refractivity contribution in [2.45, 2.75) is 40.0 Å². The number of aromatic nitrogens is 4. The number of aryl methyl sites for hydroxylation is 1. The SMILES string of the molecule is CCCn1nnnc1NCc1cc(OCC)c(OCc2ccc(Cl)cc2)cc1Cl. The van der Waals surface area contributed by atoms with Gasteiger partial charge in [0.25, 0.3) is 0 Å². The number of hydrogen-bond donors (Lipinski definition) is 1. The van der Waals surface area contributed by atoms with Crippen molar-refractivity contribution in [3.05, 3.63) is 57.6 Å². The topological polar surface area (TPSA) is 74.1 Å².